The van der Waals surface area contributed by atoms with Crippen molar-refractivity contribution in [3.05, 3.63) is 22.6 Å². The zero-order chi connectivity index (χ0) is 12.4. The fourth-order valence-electron chi connectivity index (χ4n) is 2.10. The normalized spacial score (nSPS) is 18.6. The van der Waals surface area contributed by atoms with Gasteiger partial charge in [0, 0.05) is 37.7 Å². The van der Waals surface area contributed by atoms with Gasteiger partial charge in [-0.05, 0) is 22.4 Å². The number of nitrogens with zero attached hydrogens (tertiary/aromatic N) is 2. The lowest BCUT2D eigenvalue weighted by Gasteiger charge is -2.17. The second kappa shape index (κ2) is 6.52. The summed E-state index contributed by atoms with van der Waals surface area (Å²) in [5, 5.41) is 0. The van der Waals surface area contributed by atoms with Crippen LogP contribution in [0.2, 0.25) is 0 Å². The zero-order valence-corrected chi connectivity index (χ0v) is 12.7. The van der Waals surface area contributed by atoms with Crippen molar-refractivity contribution in [2.75, 3.05) is 18.0 Å². The molecule has 100 valence electrons. The standard InChI is InChI=1S/C12H14BrFN2O.H2S/c1-2-11(17)8-3-4-16(7-8)12-5-10(14)9(13)6-15-12;/h5-6,8H,2-4,7H2,1H3;1H2/t8-;/m0./s1. The molecule has 0 aliphatic carbocycles. The van der Waals surface area contributed by atoms with E-state index in [0.29, 0.717) is 23.3 Å². The largest absolute Gasteiger partial charge is 0.356 e. The SMILES string of the molecule is CCC(=O)[C@H]1CCN(c2cc(F)c(Br)cn2)C1.S. The number of pyridine rings is 1. The highest BCUT2D eigenvalue weighted by atomic mass is 79.9. The number of anilines is 1. The zero-order valence-electron chi connectivity index (χ0n) is 10.1. The second-order valence-electron chi connectivity index (χ2n) is 4.21. The van der Waals surface area contributed by atoms with Crippen molar-refractivity contribution in [1.82, 2.24) is 4.98 Å². The molecule has 18 heavy (non-hydrogen) atoms. The van der Waals surface area contributed by atoms with Gasteiger partial charge in [0.1, 0.15) is 17.4 Å². The van der Waals surface area contributed by atoms with E-state index in [4.69, 9.17) is 0 Å². The predicted molar refractivity (Wildman–Crippen MR) is 77.9 cm³/mol. The lowest BCUT2D eigenvalue weighted by molar-refractivity contribution is -0.121. The highest BCUT2D eigenvalue weighted by molar-refractivity contribution is 9.10. The molecule has 0 unspecified atom stereocenters. The van der Waals surface area contributed by atoms with Gasteiger partial charge in [-0.3, -0.25) is 4.79 Å². The summed E-state index contributed by atoms with van der Waals surface area (Å²) < 4.78 is 13.7. The smallest absolute Gasteiger partial charge is 0.142 e. The first-order valence-corrected chi connectivity index (χ1v) is 6.49. The molecule has 0 radical (unpaired) electrons. The molecule has 0 bridgehead atoms. The predicted octanol–water partition coefficient (Wildman–Crippen LogP) is 2.90. The molecular weight excluding hydrogens is 319 g/mol. The topological polar surface area (TPSA) is 33.2 Å². The summed E-state index contributed by atoms with van der Waals surface area (Å²) >= 11 is 3.07. The summed E-state index contributed by atoms with van der Waals surface area (Å²) in [5.41, 5.74) is 0. The van der Waals surface area contributed by atoms with Crippen molar-refractivity contribution < 1.29 is 9.18 Å². The van der Waals surface area contributed by atoms with Crippen molar-refractivity contribution >= 4 is 41.0 Å². The Balaban J connectivity index is 0.00000162. The van der Waals surface area contributed by atoms with E-state index in [1.807, 2.05) is 11.8 Å². The van der Waals surface area contributed by atoms with Crippen LogP contribution in [0.5, 0.6) is 0 Å². The Morgan fingerprint density at radius 3 is 3.00 bits per heavy atom. The quantitative estimate of drug-likeness (QED) is 0.852. The molecule has 0 saturated carbocycles. The van der Waals surface area contributed by atoms with Gasteiger partial charge in [-0.2, -0.15) is 13.5 Å². The van der Waals surface area contributed by atoms with Crippen LogP contribution in [-0.4, -0.2) is 23.9 Å². The number of carbonyl (C=O) groups excluding carboxylic acids is 1. The second-order valence-corrected chi connectivity index (χ2v) is 5.06. The molecule has 0 spiro atoms. The van der Waals surface area contributed by atoms with E-state index in [0.717, 1.165) is 13.0 Å². The molecule has 0 aromatic carbocycles. The van der Waals surface area contributed by atoms with E-state index in [2.05, 4.69) is 20.9 Å². The molecule has 2 rings (SSSR count). The minimum absolute atomic E-state index is 0. The Morgan fingerprint density at radius 1 is 1.67 bits per heavy atom. The Kier molecular flexibility index (Phi) is 5.59. The number of halogens is 2. The third kappa shape index (κ3) is 3.23. The Labute approximate surface area is 121 Å². The number of carbonyl (C=O) groups is 1. The maximum Gasteiger partial charge on any atom is 0.142 e. The highest BCUT2D eigenvalue weighted by Gasteiger charge is 2.28. The first-order chi connectivity index (χ1) is 8.11. The molecule has 1 aromatic heterocycles. The first kappa shape index (κ1) is 15.4. The van der Waals surface area contributed by atoms with Crippen LogP contribution in [0.4, 0.5) is 10.2 Å². The Morgan fingerprint density at radius 2 is 2.39 bits per heavy atom. The molecule has 1 aliphatic rings. The van der Waals surface area contributed by atoms with Crippen LogP contribution >= 0.6 is 29.4 Å². The van der Waals surface area contributed by atoms with Gasteiger partial charge in [0.05, 0.1) is 4.47 Å². The van der Waals surface area contributed by atoms with E-state index in [1.165, 1.54) is 12.3 Å². The lowest BCUT2D eigenvalue weighted by Crippen LogP contribution is -2.23. The van der Waals surface area contributed by atoms with Gasteiger partial charge in [-0.1, -0.05) is 6.92 Å². The van der Waals surface area contributed by atoms with E-state index in [9.17, 15) is 9.18 Å². The number of ketones is 1. The summed E-state index contributed by atoms with van der Waals surface area (Å²) in [6, 6.07) is 1.41. The summed E-state index contributed by atoms with van der Waals surface area (Å²) in [5.74, 6) is 0.649. The van der Waals surface area contributed by atoms with E-state index < -0.39 is 0 Å². The molecule has 2 heterocycles. The molecule has 1 saturated heterocycles. The van der Waals surface area contributed by atoms with Crippen molar-refractivity contribution in [2.45, 2.75) is 19.8 Å². The molecule has 3 nitrogen and oxygen atoms in total. The number of rotatable bonds is 3. The van der Waals surface area contributed by atoms with Crippen LogP contribution in [0.1, 0.15) is 19.8 Å². The van der Waals surface area contributed by atoms with E-state index >= 15 is 0 Å². The average Bonchev–Trinajstić information content (AvgIpc) is 2.81. The number of aromatic nitrogens is 1. The molecule has 1 atom stereocenters. The average molecular weight is 335 g/mol. The fraction of sp³-hybridized carbons (Fsp3) is 0.500. The molecule has 1 aromatic rings. The van der Waals surface area contributed by atoms with Crippen LogP contribution < -0.4 is 4.90 Å². The number of Topliss-reactive ketones (excluding diaryl/α,β-unsaturated/α-hetero) is 1. The molecule has 0 amide bonds. The molecule has 1 fully saturated rings. The van der Waals surface area contributed by atoms with Crippen LogP contribution in [0.25, 0.3) is 0 Å². The minimum atomic E-state index is -0.319. The third-order valence-corrected chi connectivity index (χ3v) is 3.69. The van der Waals surface area contributed by atoms with Gasteiger partial charge in [0.15, 0.2) is 0 Å². The van der Waals surface area contributed by atoms with Crippen molar-refractivity contribution in [3.8, 4) is 0 Å². The van der Waals surface area contributed by atoms with Crippen molar-refractivity contribution in [1.29, 1.82) is 0 Å². The van der Waals surface area contributed by atoms with Gasteiger partial charge in [-0.25, -0.2) is 9.37 Å². The van der Waals surface area contributed by atoms with Crippen molar-refractivity contribution in [3.63, 3.8) is 0 Å². The Bertz CT molecular complexity index is 444. The fourth-order valence-corrected chi connectivity index (χ4v) is 2.31. The van der Waals surface area contributed by atoms with Crippen molar-refractivity contribution in [2.24, 2.45) is 5.92 Å². The van der Waals surface area contributed by atoms with Gasteiger partial charge in [0.2, 0.25) is 0 Å². The maximum atomic E-state index is 13.4. The Hall–Kier alpha value is -0.620. The van der Waals surface area contributed by atoms with Gasteiger partial charge < -0.3 is 4.90 Å². The van der Waals surface area contributed by atoms with Crippen LogP contribution in [0.3, 0.4) is 0 Å². The molecule has 0 N–H and O–H groups in total. The molecule has 6 heteroatoms. The first-order valence-electron chi connectivity index (χ1n) is 5.70. The maximum absolute atomic E-state index is 13.4. The summed E-state index contributed by atoms with van der Waals surface area (Å²) in [7, 11) is 0. The third-order valence-electron chi connectivity index (χ3n) is 3.11. The van der Waals surface area contributed by atoms with E-state index in [1.54, 1.807) is 0 Å². The van der Waals surface area contributed by atoms with Gasteiger partial charge in [-0.15, -0.1) is 0 Å². The lowest BCUT2D eigenvalue weighted by atomic mass is 10.0. The monoisotopic (exact) mass is 334 g/mol. The van der Waals surface area contributed by atoms with Gasteiger partial charge in [0.25, 0.3) is 0 Å². The highest BCUT2D eigenvalue weighted by Crippen LogP contribution is 2.25. The summed E-state index contributed by atoms with van der Waals surface area (Å²) in [6.45, 7) is 3.30. The van der Waals surface area contributed by atoms with Crippen LogP contribution in [-0.2, 0) is 4.79 Å². The number of hydrogen-bond acceptors (Lipinski definition) is 3. The number of hydrogen-bond donors (Lipinski definition) is 0. The molecular formula is C12H16BrFN2OS. The summed E-state index contributed by atoms with van der Waals surface area (Å²) in [4.78, 5) is 17.7. The minimum Gasteiger partial charge on any atom is -0.356 e. The molecule has 1 aliphatic heterocycles. The van der Waals surface area contributed by atoms with Gasteiger partial charge >= 0.3 is 0 Å². The van der Waals surface area contributed by atoms with Crippen LogP contribution in [0, 0.1) is 11.7 Å². The van der Waals surface area contributed by atoms with E-state index in [-0.39, 0.29) is 31.0 Å². The van der Waals surface area contributed by atoms with Crippen LogP contribution in [0.15, 0.2) is 16.7 Å². The summed E-state index contributed by atoms with van der Waals surface area (Å²) in [6.07, 6.45) is 2.87.